The predicted molar refractivity (Wildman–Crippen MR) is 71.5 cm³/mol. The van der Waals surface area contributed by atoms with E-state index in [9.17, 15) is 0 Å². The van der Waals surface area contributed by atoms with Gasteiger partial charge in [-0.25, -0.2) is 0 Å². The zero-order chi connectivity index (χ0) is 13.4. The number of aromatic nitrogens is 3. The number of ether oxygens (including phenoxy) is 1. The summed E-state index contributed by atoms with van der Waals surface area (Å²) in [6, 6.07) is 4.07. The smallest absolute Gasteiger partial charge is 0.232 e. The summed E-state index contributed by atoms with van der Waals surface area (Å²) in [5.74, 6) is 1.92. The lowest BCUT2D eigenvalue weighted by Crippen LogP contribution is -2.42. The fraction of sp³-hybridized carbons (Fsp3) is 0.571. The Balaban J connectivity index is 1.72. The van der Waals surface area contributed by atoms with Gasteiger partial charge in [0.05, 0.1) is 5.92 Å². The van der Waals surface area contributed by atoms with Gasteiger partial charge in [0.1, 0.15) is 5.54 Å². The molecule has 2 aromatic heterocycles. The molecule has 2 aromatic rings. The molecule has 0 radical (unpaired) electrons. The first-order valence-corrected chi connectivity index (χ1v) is 7.14. The summed E-state index contributed by atoms with van der Waals surface area (Å²) >= 11 is 0. The van der Waals surface area contributed by atoms with Crippen LogP contribution in [0.2, 0.25) is 0 Å². The second-order valence-electron chi connectivity index (χ2n) is 5.55. The molecule has 2 aliphatic rings. The third-order valence-corrected chi connectivity index (χ3v) is 4.41. The standard InChI is InChI=1S/C14H18N4O2/c1-2-6-18(5-1)14(3-7-19-8-4-14)13-16-12(20-17-13)11-9-15-10-11/h1-2,5-6,11,15H,3-4,7-10H2. The zero-order valence-corrected chi connectivity index (χ0v) is 11.3. The maximum Gasteiger partial charge on any atom is 0.232 e. The van der Waals surface area contributed by atoms with E-state index in [4.69, 9.17) is 9.26 Å². The van der Waals surface area contributed by atoms with Crippen molar-refractivity contribution < 1.29 is 9.26 Å². The molecule has 6 nitrogen and oxygen atoms in total. The van der Waals surface area contributed by atoms with E-state index in [0.29, 0.717) is 5.92 Å². The van der Waals surface area contributed by atoms with Gasteiger partial charge in [0, 0.05) is 51.5 Å². The molecule has 0 bridgehead atoms. The molecule has 2 fully saturated rings. The van der Waals surface area contributed by atoms with Crippen molar-refractivity contribution in [3.63, 3.8) is 0 Å². The van der Waals surface area contributed by atoms with Crippen LogP contribution in [0.15, 0.2) is 29.0 Å². The van der Waals surface area contributed by atoms with Crippen molar-refractivity contribution in [2.45, 2.75) is 24.3 Å². The normalized spacial score (nSPS) is 22.6. The fourth-order valence-electron chi connectivity index (χ4n) is 2.98. The Hall–Kier alpha value is -1.66. The van der Waals surface area contributed by atoms with Crippen molar-refractivity contribution in [2.75, 3.05) is 26.3 Å². The highest BCUT2D eigenvalue weighted by Gasteiger charge is 2.41. The molecule has 0 unspecified atom stereocenters. The van der Waals surface area contributed by atoms with Crippen LogP contribution in [0, 0.1) is 0 Å². The molecule has 20 heavy (non-hydrogen) atoms. The van der Waals surface area contributed by atoms with Crippen LogP contribution < -0.4 is 5.32 Å². The van der Waals surface area contributed by atoms with Gasteiger partial charge in [0.15, 0.2) is 5.82 Å². The zero-order valence-electron chi connectivity index (χ0n) is 11.3. The highest BCUT2D eigenvalue weighted by Crippen LogP contribution is 2.35. The van der Waals surface area contributed by atoms with Crippen molar-refractivity contribution in [1.82, 2.24) is 20.0 Å². The van der Waals surface area contributed by atoms with Gasteiger partial charge >= 0.3 is 0 Å². The van der Waals surface area contributed by atoms with E-state index in [1.165, 1.54) is 0 Å². The largest absolute Gasteiger partial charge is 0.381 e. The predicted octanol–water partition coefficient (Wildman–Crippen LogP) is 1.11. The first kappa shape index (κ1) is 12.1. The van der Waals surface area contributed by atoms with Crippen LogP contribution in [0.1, 0.15) is 30.5 Å². The van der Waals surface area contributed by atoms with Gasteiger partial charge in [0.25, 0.3) is 0 Å². The van der Waals surface area contributed by atoms with Crippen LogP contribution >= 0.6 is 0 Å². The Morgan fingerprint density at radius 2 is 1.95 bits per heavy atom. The highest BCUT2D eigenvalue weighted by atomic mass is 16.5. The Kier molecular flexibility index (Phi) is 2.85. The third-order valence-electron chi connectivity index (χ3n) is 4.41. The molecular weight excluding hydrogens is 256 g/mol. The molecule has 4 rings (SSSR count). The molecule has 1 N–H and O–H groups in total. The molecular formula is C14H18N4O2. The SMILES string of the molecule is c1ccn(C2(c3noc(C4CNC4)n3)CCOCC2)c1. The van der Waals surface area contributed by atoms with Gasteiger partial charge in [-0.3, -0.25) is 0 Å². The summed E-state index contributed by atoms with van der Waals surface area (Å²) in [5, 5.41) is 7.51. The van der Waals surface area contributed by atoms with Crippen LogP contribution in [-0.4, -0.2) is 41.0 Å². The quantitative estimate of drug-likeness (QED) is 0.908. The second-order valence-corrected chi connectivity index (χ2v) is 5.55. The van der Waals surface area contributed by atoms with Gasteiger partial charge in [-0.2, -0.15) is 4.98 Å². The van der Waals surface area contributed by atoms with Crippen molar-refractivity contribution in [3.05, 3.63) is 36.2 Å². The molecule has 4 heterocycles. The molecule has 0 spiro atoms. The first-order chi connectivity index (χ1) is 9.88. The molecule has 0 aromatic carbocycles. The number of nitrogens with zero attached hydrogens (tertiary/aromatic N) is 3. The van der Waals surface area contributed by atoms with Crippen LogP contribution in [0.25, 0.3) is 0 Å². The molecule has 0 amide bonds. The minimum atomic E-state index is -0.222. The van der Waals surface area contributed by atoms with E-state index in [1.54, 1.807) is 0 Å². The number of rotatable bonds is 3. The maximum atomic E-state index is 5.52. The lowest BCUT2D eigenvalue weighted by atomic mass is 9.88. The molecule has 2 saturated heterocycles. The van der Waals surface area contributed by atoms with E-state index < -0.39 is 0 Å². The van der Waals surface area contributed by atoms with Crippen molar-refractivity contribution in [3.8, 4) is 0 Å². The number of nitrogens with one attached hydrogen (secondary N) is 1. The average molecular weight is 274 g/mol. The second kappa shape index (κ2) is 4.71. The maximum absolute atomic E-state index is 5.52. The van der Waals surface area contributed by atoms with Crippen molar-refractivity contribution in [2.24, 2.45) is 0 Å². The molecule has 6 heteroatoms. The van der Waals surface area contributed by atoms with E-state index in [2.05, 4.69) is 32.4 Å². The Bertz CT molecular complexity index is 568. The minimum absolute atomic E-state index is 0.222. The van der Waals surface area contributed by atoms with E-state index in [0.717, 1.165) is 50.9 Å². The number of hydrogen-bond acceptors (Lipinski definition) is 5. The third kappa shape index (κ3) is 1.79. The topological polar surface area (TPSA) is 65.1 Å². The molecule has 2 aliphatic heterocycles. The van der Waals surface area contributed by atoms with Gasteiger partial charge < -0.3 is 19.1 Å². The van der Waals surface area contributed by atoms with Gasteiger partial charge in [-0.15, -0.1) is 0 Å². The van der Waals surface area contributed by atoms with Gasteiger partial charge in [-0.05, 0) is 12.1 Å². The summed E-state index contributed by atoms with van der Waals surface area (Å²) in [7, 11) is 0. The van der Waals surface area contributed by atoms with Crippen molar-refractivity contribution in [1.29, 1.82) is 0 Å². The Morgan fingerprint density at radius 1 is 1.20 bits per heavy atom. The molecule has 0 aliphatic carbocycles. The van der Waals surface area contributed by atoms with Crippen LogP contribution in [0.3, 0.4) is 0 Å². The van der Waals surface area contributed by atoms with E-state index in [1.807, 2.05) is 12.1 Å². The van der Waals surface area contributed by atoms with Crippen LogP contribution in [0.5, 0.6) is 0 Å². The molecule has 0 atom stereocenters. The van der Waals surface area contributed by atoms with E-state index in [-0.39, 0.29) is 5.54 Å². The average Bonchev–Trinajstić information content (AvgIpc) is 3.09. The summed E-state index contributed by atoms with van der Waals surface area (Å²) < 4.78 is 13.2. The summed E-state index contributed by atoms with van der Waals surface area (Å²) in [6.45, 7) is 3.32. The fourth-order valence-corrected chi connectivity index (χ4v) is 2.98. The monoisotopic (exact) mass is 274 g/mol. The number of hydrogen-bond donors (Lipinski definition) is 1. The summed E-state index contributed by atoms with van der Waals surface area (Å²) in [4.78, 5) is 4.69. The Morgan fingerprint density at radius 3 is 2.60 bits per heavy atom. The summed E-state index contributed by atoms with van der Waals surface area (Å²) in [6.07, 6.45) is 5.91. The lowest BCUT2D eigenvalue weighted by Gasteiger charge is -2.36. The lowest BCUT2D eigenvalue weighted by molar-refractivity contribution is 0.0344. The Labute approximate surface area is 117 Å². The van der Waals surface area contributed by atoms with Crippen LogP contribution in [-0.2, 0) is 10.3 Å². The first-order valence-electron chi connectivity index (χ1n) is 7.14. The van der Waals surface area contributed by atoms with Crippen molar-refractivity contribution >= 4 is 0 Å². The highest BCUT2D eigenvalue weighted by molar-refractivity contribution is 5.14. The molecule has 0 saturated carbocycles. The minimum Gasteiger partial charge on any atom is -0.381 e. The summed E-state index contributed by atoms with van der Waals surface area (Å²) in [5.41, 5.74) is -0.222. The van der Waals surface area contributed by atoms with Gasteiger partial charge in [0.2, 0.25) is 5.89 Å². The molecule has 106 valence electrons. The van der Waals surface area contributed by atoms with Gasteiger partial charge in [-0.1, -0.05) is 5.16 Å². The van der Waals surface area contributed by atoms with Crippen LogP contribution in [0.4, 0.5) is 0 Å². The van der Waals surface area contributed by atoms with E-state index >= 15 is 0 Å².